The average molecular weight is 166 g/mol. The highest BCUT2D eigenvalue weighted by atomic mass is 15.3. The standard InChI is InChI=1S/C8H14N4/c1-3-4-7-5-8(12-9)11-6(2)10-7/h5H,3-4,9H2,1-2H3,(H,10,11,12). The summed E-state index contributed by atoms with van der Waals surface area (Å²) >= 11 is 0. The summed E-state index contributed by atoms with van der Waals surface area (Å²) in [5, 5.41) is 0. The van der Waals surface area contributed by atoms with Crippen molar-refractivity contribution in [2.75, 3.05) is 5.43 Å². The lowest BCUT2D eigenvalue weighted by Gasteiger charge is -2.03. The Morgan fingerprint density at radius 2 is 2.25 bits per heavy atom. The molecule has 3 N–H and O–H groups in total. The quantitative estimate of drug-likeness (QED) is 0.520. The molecule has 0 aliphatic carbocycles. The molecule has 4 heteroatoms. The van der Waals surface area contributed by atoms with E-state index in [0.29, 0.717) is 5.82 Å². The number of aryl methyl sites for hydroxylation is 2. The Morgan fingerprint density at radius 1 is 1.50 bits per heavy atom. The molecule has 0 bridgehead atoms. The average Bonchev–Trinajstić information content (AvgIpc) is 2.04. The smallest absolute Gasteiger partial charge is 0.143 e. The molecule has 12 heavy (non-hydrogen) atoms. The van der Waals surface area contributed by atoms with Crippen LogP contribution in [0.5, 0.6) is 0 Å². The fourth-order valence-corrected chi connectivity index (χ4v) is 1.09. The molecule has 0 spiro atoms. The molecule has 0 saturated carbocycles. The van der Waals surface area contributed by atoms with Gasteiger partial charge in [-0.1, -0.05) is 13.3 Å². The summed E-state index contributed by atoms with van der Waals surface area (Å²) in [4.78, 5) is 8.35. The van der Waals surface area contributed by atoms with Crippen LogP contribution in [0.4, 0.5) is 5.82 Å². The maximum Gasteiger partial charge on any atom is 0.143 e. The number of rotatable bonds is 3. The monoisotopic (exact) mass is 166 g/mol. The number of nitrogens with zero attached hydrogens (tertiary/aromatic N) is 2. The first-order valence-corrected chi connectivity index (χ1v) is 4.07. The first-order valence-electron chi connectivity index (χ1n) is 4.07. The number of nitrogens with one attached hydrogen (secondary N) is 1. The molecule has 0 amide bonds. The molecule has 0 atom stereocenters. The maximum atomic E-state index is 5.24. The van der Waals surface area contributed by atoms with E-state index >= 15 is 0 Å². The molecule has 0 aromatic carbocycles. The highest BCUT2D eigenvalue weighted by molar-refractivity contribution is 5.34. The first-order chi connectivity index (χ1) is 5.76. The van der Waals surface area contributed by atoms with E-state index in [1.54, 1.807) is 0 Å². The van der Waals surface area contributed by atoms with Gasteiger partial charge in [0.25, 0.3) is 0 Å². The molecule has 1 rings (SSSR count). The molecule has 66 valence electrons. The Hall–Kier alpha value is -1.16. The van der Waals surface area contributed by atoms with E-state index in [0.717, 1.165) is 24.4 Å². The van der Waals surface area contributed by atoms with Crippen LogP contribution < -0.4 is 11.3 Å². The second-order valence-corrected chi connectivity index (χ2v) is 2.69. The van der Waals surface area contributed by atoms with Gasteiger partial charge in [-0.25, -0.2) is 15.8 Å². The molecule has 0 unspecified atom stereocenters. The van der Waals surface area contributed by atoms with Crippen LogP contribution in [-0.2, 0) is 6.42 Å². The van der Waals surface area contributed by atoms with E-state index in [9.17, 15) is 0 Å². The van der Waals surface area contributed by atoms with Crippen LogP contribution >= 0.6 is 0 Å². The summed E-state index contributed by atoms with van der Waals surface area (Å²) in [6.45, 7) is 3.98. The fourth-order valence-electron chi connectivity index (χ4n) is 1.09. The van der Waals surface area contributed by atoms with Crippen LogP contribution in [0.1, 0.15) is 24.9 Å². The van der Waals surface area contributed by atoms with Gasteiger partial charge in [0.15, 0.2) is 0 Å². The van der Waals surface area contributed by atoms with E-state index in [2.05, 4.69) is 22.3 Å². The van der Waals surface area contributed by atoms with Gasteiger partial charge in [-0.05, 0) is 13.3 Å². The molecule has 4 nitrogen and oxygen atoms in total. The predicted molar refractivity (Wildman–Crippen MR) is 48.6 cm³/mol. The van der Waals surface area contributed by atoms with Crippen molar-refractivity contribution in [3.8, 4) is 0 Å². The van der Waals surface area contributed by atoms with Crippen molar-refractivity contribution in [2.24, 2.45) is 5.84 Å². The molecular weight excluding hydrogens is 152 g/mol. The molecule has 0 aliphatic heterocycles. The SMILES string of the molecule is CCCc1cc(NN)nc(C)n1. The zero-order valence-corrected chi connectivity index (χ0v) is 7.46. The molecule has 1 heterocycles. The van der Waals surface area contributed by atoms with Crippen LogP contribution in [0.25, 0.3) is 0 Å². The lowest BCUT2D eigenvalue weighted by molar-refractivity contribution is 0.857. The minimum Gasteiger partial charge on any atom is -0.308 e. The summed E-state index contributed by atoms with van der Waals surface area (Å²) in [7, 11) is 0. The summed E-state index contributed by atoms with van der Waals surface area (Å²) in [6.07, 6.45) is 2.05. The van der Waals surface area contributed by atoms with Crippen molar-refractivity contribution in [1.29, 1.82) is 0 Å². The third-order valence-corrected chi connectivity index (χ3v) is 1.55. The van der Waals surface area contributed by atoms with Gasteiger partial charge >= 0.3 is 0 Å². The highest BCUT2D eigenvalue weighted by Crippen LogP contribution is 2.06. The molecule has 0 radical (unpaired) electrons. The number of anilines is 1. The van der Waals surface area contributed by atoms with Crippen LogP contribution in [0.3, 0.4) is 0 Å². The van der Waals surface area contributed by atoms with Crippen LogP contribution in [0.15, 0.2) is 6.07 Å². The second-order valence-electron chi connectivity index (χ2n) is 2.69. The predicted octanol–water partition coefficient (Wildman–Crippen LogP) is 1.02. The second kappa shape index (κ2) is 4.01. The lowest BCUT2D eigenvalue weighted by Crippen LogP contribution is -2.10. The third-order valence-electron chi connectivity index (χ3n) is 1.55. The minimum absolute atomic E-state index is 0.686. The maximum absolute atomic E-state index is 5.24. The van der Waals surface area contributed by atoms with E-state index in [-0.39, 0.29) is 0 Å². The highest BCUT2D eigenvalue weighted by Gasteiger charge is 1.98. The third kappa shape index (κ3) is 2.17. The molecule has 0 fully saturated rings. The van der Waals surface area contributed by atoms with Crippen molar-refractivity contribution in [1.82, 2.24) is 9.97 Å². The van der Waals surface area contributed by atoms with Gasteiger partial charge in [0.05, 0.1) is 0 Å². The van der Waals surface area contributed by atoms with Gasteiger partial charge in [0, 0.05) is 11.8 Å². The van der Waals surface area contributed by atoms with Gasteiger partial charge in [-0.3, -0.25) is 0 Å². The number of hydrogen-bond donors (Lipinski definition) is 2. The number of nitrogens with two attached hydrogens (primary N) is 1. The fraction of sp³-hybridized carbons (Fsp3) is 0.500. The summed E-state index contributed by atoms with van der Waals surface area (Å²) in [6, 6.07) is 1.87. The Morgan fingerprint density at radius 3 is 2.83 bits per heavy atom. The number of aromatic nitrogens is 2. The summed E-state index contributed by atoms with van der Waals surface area (Å²) < 4.78 is 0. The Bertz CT molecular complexity index is 259. The molecular formula is C8H14N4. The summed E-state index contributed by atoms with van der Waals surface area (Å²) in [5.74, 6) is 6.69. The normalized spacial score (nSPS) is 9.92. The van der Waals surface area contributed by atoms with Crippen molar-refractivity contribution >= 4 is 5.82 Å². The van der Waals surface area contributed by atoms with Crippen molar-refractivity contribution in [2.45, 2.75) is 26.7 Å². The Kier molecular flexibility index (Phi) is 2.99. The Labute approximate surface area is 72.2 Å². The van der Waals surface area contributed by atoms with Gasteiger partial charge < -0.3 is 5.43 Å². The zero-order valence-electron chi connectivity index (χ0n) is 7.46. The van der Waals surface area contributed by atoms with Gasteiger partial charge in [-0.2, -0.15) is 0 Å². The molecule has 1 aromatic heterocycles. The van der Waals surface area contributed by atoms with Crippen LogP contribution in [0.2, 0.25) is 0 Å². The first kappa shape index (κ1) is 8.93. The lowest BCUT2D eigenvalue weighted by atomic mass is 10.2. The number of hydrazine groups is 1. The van der Waals surface area contributed by atoms with E-state index in [1.807, 2.05) is 13.0 Å². The Balaban J connectivity index is 2.90. The largest absolute Gasteiger partial charge is 0.308 e. The number of nitrogen functional groups attached to an aromatic ring is 1. The van der Waals surface area contributed by atoms with Crippen molar-refractivity contribution < 1.29 is 0 Å². The molecule has 0 aliphatic rings. The molecule has 0 saturated heterocycles. The van der Waals surface area contributed by atoms with Crippen LogP contribution in [0, 0.1) is 6.92 Å². The molecule has 1 aromatic rings. The topological polar surface area (TPSA) is 63.8 Å². The minimum atomic E-state index is 0.686. The van der Waals surface area contributed by atoms with Crippen molar-refractivity contribution in [3.63, 3.8) is 0 Å². The van der Waals surface area contributed by atoms with Gasteiger partial charge in [0.1, 0.15) is 11.6 Å². The van der Waals surface area contributed by atoms with Gasteiger partial charge in [0.2, 0.25) is 0 Å². The number of hydrogen-bond acceptors (Lipinski definition) is 4. The van der Waals surface area contributed by atoms with E-state index in [1.165, 1.54) is 0 Å². The van der Waals surface area contributed by atoms with Crippen molar-refractivity contribution in [3.05, 3.63) is 17.6 Å². The van der Waals surface area contributed by atoms with Crippen LogP contribution in [-0.4, -0.2) is 9.97 Å². The van der Waals surface area contributed by atoms with E-state index < -0.39 is 0 Å². The summed E-state index contributed by atoms with van der Waals surface area (Å²) in [5.41, 5.74) is 3.56. The zero-order chi connectivity index (χ0) is 8.97. The van der Waals surface area contributed by atoms with Gasteiger partial charge in [-0.15, -0.1) is 0 Å². The van der Waals surface area contributed by atoms with E-state index in [4.69, 9.17) is 5.84 Å².